The number of nitrogens with two attached hydrogens (primary N) is 1. The molecule has 1 heterocycles. The largest absolute Gasteiger partial charge is 0.352 e. The van der Waals surface area contributed by atoms with Crippen molar-refractivity contribution in [2.45, 2.75) is 32.4 Å². The van der Waals surface area contributed by atoms with Crippen LogP contribution in [0, 0.1) is 6.92 Å². The molecular weight excluding hydrogens is 280 g/mol. The Labute approximate surface area is 131 Å². The monoisotopic (exact) mass is 304 g/mol. The number of rotatable bonds is 4. The van der Waals surface area contributed by atoms with Gasteiger partial charge in [-0.15, -0.1) is 0 Å². The van der Waals surface area contributed by atoms with Crippen LogP contribution in [0.3, 0.4) is 0 Å². The molecule has 22 heavy (non-hydrogen) atoms. The molecule has 0 aromatic heterocycles. The third kappa shape index (κ3) is 4.46. The summed E-state index contributed by atoms with van der Waals surface area (Å²) in [6, 6.07) is 7.04. The molecule has 1 saturated heterocycles. The van der Waals surface area contributed by atoms with Gasteiger partial charge in [-0.1, -0.05) is 29.8 Å². The Morgan fingerprint density at radius 1 is 1.50 bits per heavy atom. The Morgan fingerprint density at radius 2 is 2.27 bits per heavy atom. The highest BCUT2D eigenvalue weighted by Crippen LogP contribution is 2.19. The molecule has 0 saturated carbocycles. The van der Waals surface area contributed by atoms with E-state index in [1.165, 1.54) is 0 Å². The van der Waals surface area contributed by atoms with Crippen LogP contribution in [0.25, 0.3) is 0 Å². The number of aryl methyl sites for hydroxylation is 1. The number of amides is 3. The van der Waals surface area contributed by atoms with Gasteiger partial charge < -0.3 is 21.3 Å². The van der Waals surface area contributed by atoms with Crippen LogP contribution in [0.4, 0.5) is 4.79 Å². The summed E-state index contributed by atoms with van der Waals surface area (Å²) in [6.45, 7) is 6.21. The molecule has 1 aromatic rings. The highest BCUT2D eigenvalue weighted by atomic mass is 16.2. The van der Waals surface area contributed by atoms with Crippen molar-refractivity contribution in [2.75, 3.05) is 19.6 Å². The zero-order chi connectivity index (χ0) is 16.1. The van der Waals surface area contributed by atoms with Crippen molar-refractivity contribution in [1.82, 2.24) is 15.5 Å². The average Bonchev–Trinajstić information content (AvgIpc) is 2.46. The average molecular weight is 304 g/mol. The summed E-state index contributed by atoms with van der Waals surface area (Å²) >= 11 is 0. The van der Waals surface area contributed by atoms with Crippen molar-refractivity contribution in [3.05, 3.63) is 35.4 Å². The summed E-state index contributed by atoms with van der Waals surface area (Å²) in [5.74, 6) is 0.0357. The number of nitrogens with one attached hydrogen (secondary N) is 2. The molecule has 1 aromatic carbocycles. The lowest BCUT2D eigenvalue weighted by atomic mass is 10.0. The lowest BCUT2D eigenvalue weighted by Crippen LogP contribution is -2.52. The van der Waals surface area contributed by atoms with Crippen molar-refractivity contribution < 1.29 is 9.59 Å². The van der Waals surface area contributed by atoms with E-state index in [2.05, 4.69) is 17.6 Å². The van der Waals surface area contributed by atoms with Crippen molar-refractivity contribution in [1.29, 1.82) is 0 Å². The first-order chi connectivity index (χ1) is 10.5. The van der Waals surface area contributed by atoms with Gasteiger partial charge in [0.25, 0.3) is 0 Å². The second-order valence-corrected chi connectivity index (χ2v) is 5.87. The molecular formula is C16H24N4O2. The predicted molar refractivity (Wildman–Crippen MR) is 85.3 cm³/mol. The fraction of sp³-hybridized carbons (Fsp3) is 0.500. The summed E-state index contributed by atoms with van der Waals surface area (Å²) in [7, 11) is 0. The SMILES string of the molecule is Cc1cccc([C@H](CC(=O)N2CCN[C@@H](C)C2)NC(N)=O)c1. The number of benzene rings is 1. The van der Waals surface area contributed by atoms with E-state index in [9.17, 15) is 9.59 Å². The smallest absolute Gasteiger partial charge is 0.312 e. The number of nitrogens with zero attached hydrogens (tertiary/aromatic N) is 1. The maximum absolute atomic E-state index is 12.5. The molecule has 6 heteroatoms. The van der Waals surface area contributed by atoms with Gasteiger partial charge in [0.1, 0.15) is 0 Å². The van der Waals surface area contributed by atoms with E-state index < -0.39 is 12.1 Å². The molecule has 2 rings (SSSR count). The zero-order valence-electron chi connectivity index (χ0n) is 13.1. The zero-order valence-corrected chi connectivity index (χ0v) is 13.1. The second kappa shape index (κ2) is 7.26. The van der Waals surface area contributed by atoms with Crippen LogP contribution in [-0.4, -0.2) is 42.5 Å². The third-order valence-corrected chi connectivity index (χ3v) is 3.86. The highest BCUT2D eigenvalue weighted by molar-refractivity contribution is 5.79. The minimum absolute atomic E-state index is 0.0357. The van der Waals surface area contributed by atoms with Crippen molar-refractivity contribution in [3.63, 3.8) is 0 Å². The number of primary amides is 1. The van der Waals surface area contributed by atoms with E-state index in [0.29, 0.717) is 19.1 Å². The molecule has 0 spiro atoms. The predicted octanol–water partition coefficient (Wildman–Crippen LogP) is 0.915. The summed E-state index contributed by atoms with van der Waals surface area (Å²) in [4.78, 5) is 25.6. The number of urea groups is 1. The van der Waals surface area contributed by atoms with Gasteiger partial charge in [-0.3, -0.25) is 4.79 Å². The lowest BCUT2D eigenvalue weighted by Gasteiger charge is -2.33. The molecule has 0 radical (unpaired) electrons. The fourth-order valence-corrected chi connectivity index (χ4v) is 2.77. The van der Waals surface area contributed by atoms with Gasteiger partial charge in [0.05, 0.1) is 12.5 Å². The van der Waals surface area contributed by atoms with E-state index in [1.54, 1.807) is 0 Å². The Hall–Kier alpha value is -2.08. The molecule has 0 unspecified atom stereocenters. The van der Waals surface area contributed by atoms with E-state index >= 15 is 0 Å². The first kappa shape index (κ1) is 16.3. The van der Waals surface area contributed by atoms with E-state index in [-0.39, 0.29) is 12.3 Å². The van der Waals surface area contributed by atoms with Crippen LogP contribution < -0.4 is 16.4 Å². The first-order valence-corrected chi connectivity index (χ1v) is 7.59. The Morgan fingerprint density at radius 3 is 2.91 bits per heavy atom. The second-order valence-electron chi connectivity index (χ2n) is 5.87. The minimum Gasteiger partial charge on any atom is -0.352 e. The number of hydrogen-bond donors (Lipinski definition) is 3. The van der Waals surface area contributed by atoms with Gasteiger partial charge in [0.2, 0.25) is 5.91 Å². The van der Waals surface area contributed by atoms with Crippen LogP contribution in [0.1, 0.15) is 30.5 Å². The normalized spacial score (nSPS) is 19.5. The Balaban J connectivity index is 2.09. The van der Waals surface area contributed by atoms with Crippen molar-refractivity contribution in [2.24, 2.45) is 5.73 Å². The number of piperazine rings is 1. The molecule has 1 aliphatic rings. The number of hydrogen-bond acceptors (Lipinski definition) is 3. The Bertz CT molecular complexity index is 547. The van der Waals surface area contributed by atoms with Gasteiger partial charge in [0, 0.05) is 25.7 Å². The van der Waals surface area contributed by atoms with Crippen LogP contribution in [-0.2, 0) is 4.79 Å². The van der Waals surface area contributed by atoms with Gasteiger partial charge in [-0.05, 0) is 19.4 Å². The molecule has 120 valence electrons. The summed E-state index contributed by atoms with van der Waals surface area (Å²) in [5, 5.41) is 5.99. The fourth-order valence-electron chi connectivity index (χ4n) is 2.77. The summed E-state index contributed by atoms with van der Waals surface area (Å²) in [6.07, 6.45) is 0.221. The van der Waals surface area contributed by atoms with Gasteiger partial charge in [-0.2, -0.15) is 0 Å². The van der Waals surface area contributed by atoms with Gasteiger partial charge in [0.15, 0.2) is 0 Å². The van der Waals surface area contributed by atoms with E-state index in [4.69, 9.17) is 5.73 Å². The standard InChI is InChI=1S/C16H24N4O2/c1-11-4-3-5-13(8-11)14(19-16(17)22)9-15(21)20-7-6-18-12(2)10-20/h3-5,8,12,14,18H,6-7,9-10H2,1-2H3,(H3,17,19,22)/t12-,14-/m0/s1. The van der Waals surface area contributed by atoms with Crippen molar-refractivity contribution >= 4 is 11.9 Å². The first-order valence-electron chi connectivity index (χ1n) is 7.59. The van der Waals surface area contributed by atoms with Gasteiger partial charge >= 0.3 is 6.03 Å². The third-order valence-electron chi connectivity index (χ3n) is 3.86. The van der Waals surface area contributed by atoms with Crippen LogP contribution in [0.2, 0.25) is 0 Å². The molecule has 3 amide bonds. The lowest BCUT2D eigenvalue weighted by molar-refractivity contribution is -0.132. The summed E-state index contributed by atoms with van der Waals surface area (Å²) in [5.41, 5.74) is 7.24. The maximum Gasteiger partial charge on any atom is 0.312 e. The molecule has 6 nitrogen and oxygen atoms in total. The minimum atomic E-state index is -0.618. The highest BCUT2D eigenvalue weighted by Gasteiger charge is 2.24. The number of carbonyl (C=O) groups is 2. The quantitative estimate of drug-likeness (QED) is 0.773. The molecule has 1 aliphatic heterocycles. The maximum atomic E-state index is 12.5. The Kier molecular flexibility index (Phi) is 5.38. The molecule has 2 atom stereocenters. The molecule has 0 aliphatic carbocycles. The topological polar surface area (TPSA) is 87.5 Å². The van der Waals surface area contributed by atoms with Crippen molar-refractivity contribution in [3.8, 4) is 0 Å². The summed E-state index contributed by atoms with van der Waals surface area (Å²) < 4.78 is 0. The molecule has 4 N–H and O–H groups in total. The van der Waals surface area contributed by atoms with Crippen LogP contribution in [0.5, 0.6) is 0 Å². The van der Waals surface area contributed by atoms with E-state index in [1.807, 2.05) is 36.1 Å². The van der Waals surface area contributed by atoms with Crippen LogP contribution >= 0.6 is 0 Å². The molecule has 0 bridgehead atoms. The van der Waals surface area contributed by atoms with Crippen LogP contribution in [0.15, 0.2) is 24.3 Å². The molecule has 1 fully saturated rings. The van der Waals surface area contributed by atoms with Gasteiger partial charge in [-0.25, -0.2) is 4.79 Å². The van der Waals surface area contributed by atoms with E-state index in [0.717, 1.165) is 17.7 Å². The number of carbonyl (C=O) groups excluding carboxylic acids is 2.